The van der Waals surface area contributed by atoms with Gasteiger partial charge in [0.25, 0.3) is 10.0 Å². The zero-order chi connectivity index (χ0) is 16.3. The van der Waals surface area contributed by atoms with Crippen molar-refractivity contribution in [3.05, 3.63) is 48.0 Å². The average molecular weight is 329 g/mol. The Morgan fingerprint density at radius 3 is 2.32 bits per heavy atom. The summed E-state index contributed by atoms with van der Waals surface area (Å²) in [7, 11) is -1.47. The Kier molecular flexibility index (Phi) is 4.51. The van der Waals surface area contributed by atoms with E-state index in [2.05, 4.69) is 4.72 Å². The molecular formula is C14H13F2NO4S. The smallest absolute Gasteiger partial charge is 0.264 e. The second-order valence-corrected chi connectivity index (χ2v) is 5.90. The second-order valence-electron chi connectivity index (χ2n) is 4.25. The highest BCUT2D eigenvalue weighted by molar-refractivity contribution is 7.92. The van der Waals surface area contributed by atoms with E-state index >= 15 is 0 Å². The van der Waals surface area contributed by atoms with Crippen molar-refractivity contribution in [1.29, 1.82) is 0 Å². The number of nitrogens with one attached hydrogen (secondary N) is 1. The molecule has 0 radical (unpaired) electrons. The maximum absolute atomic E-state index is 13.7. The highest BCUT2D eigenvalue weighted by Crippen LogP contribution is 2.31. The molecule has 0 aliphatic rings. The minimum Gasteiger partial charge on any atom is -0.497 e. The summed E-state index contributed by atoms with van der Waals surface area (Å²) in [5.41, 5.74) is 0.0746. The van der Waals surface area contributed by atoms with Gasteiger partial charge in [-0.05, 0) is 24.3 Å². The van der Waals surface area contributed by atoms with Crippen LogP contribution in [0.1, 0.15) is 0 Å². The van der Waals surface area contributed by atoms with Crippen LogP contribution in [0.2, 0.25) is 0 Å². The first-order valence-corrected chi connectivity index (χ1v) is 7.55. The summed E-state index contributed by atoms with van der Waals surface area (Å²) >= 11 is 0. The summed E-state index contributed by atoms with van der Waals surface area (Å²) in [5.74, 6) is -1.44. The Morgan fingerprint density at radius 1 is 1.00 bits per heavy atom. The lowest BCUT2D eigenvalue weighted by Crippen LogP contribution is -2.15. The topological polar surface area (TPSA) is 64.6 Å². The summed E-state index contributed by atoms with van der Waals surface area (Å²) in [6.07, 6.45) is 0. The van der Waals surface area contributed by atoms with E-state index in [0.717, 1.165) is 12.1 Å². The molecule has 0 atom stereocenters. The second kappa shape index (κ2) is 6.18. The summed E-state index contributed by atoms with van der Waals surface area (Å²) in [5, 5.41) is 0. The molecule has 0 aromatic heterocycles. The summed E-state index contributed by atoms with van der Waals surface area (Å²) < 4.78 is 63.2. The van der Waals surface area contributed by atoms with Crippen LogP contribution in [0.3, 0.4) is 0 Å². The van der Waals surface area contributed by atoms with E-state index < -0.39 is 26.6 Å². The van der Waals surface area contributed by atoms with Crippen LogP contribution in [0.5, 0.6) is 11.5 Å². The minimum absolute atomic E-state index is 0.0746. The third-order valence-corrected chi connectivity index (χ3v) is 4.23. The normalized spacial score (nSPS) is 11.1. The molecule has 0 aliphatic heterocycles. The van der Waals surface area contributed by atoms with Gasteiger partial charge in [0.05, 0.1) is 19.9 Å². The summed E-state index contributed by atoms with van der Waals surface area (Å²) in [6.45, 7) is 0. The average Bonchev–Trinajstić information content (AvgIpc) is 2.46. The largest absolute Gasteiger partial charge is 0.497 e. The predicted octanol–water partition coefficient (Wildman–Crippen LogP) is 2.78. The van der Waals surface area contributed by atoms with Gasteiger partial charge in [-0.1, -0.05) is 0 Å². The summed E-state index contributed by atoms with van der Waals surface area (Å²) in [6, 6.07) is 6.67. The van der Waals surface area contributed by atoms with Gasteiger partial charge in [-0.2, -0.15) is 0 Å². The fourth-order valence-electron chi connectivity index (χ4n) is 1.79. The number of methoxy groups -OCH3 is 2. The predicted molar refractivity (Wildman–Crippen MR) is 76.7 cm³/mol. The monoisotopic (exact) mass is 329 g/mol. The van der Waals surface area contributed by atoms with Crippen LogP contribution in [0.25, 0.3) is 0 Å². The first-order chi connectivity index (χ1) is 10.4. The fraction of sp³-hybridized carbons (Fsp3) is 0.143. The molecule has 0 bridgehead atoms. The van der Waals surface area contributed by atoms with Crippen LogP contribution in [-0.2, 0) is 10.0 Å². The highest BCUT2D eigenvalue weighted by atomic mass is 32.2. The lowest BCUT2D eigenvalue weighted by atomic mass is 10.3. The molecule has 2 aromatic carbocycles. The zero-order valence-corrected chi connectivity index (χ0v) is 12.6. The van der Waals surface area contributed by atoms with E-state index in [1.807, 2.05) is 0 Å². The van der Waals surface area contributed by atoms with E-state index in [-0.39, 0.29) is 11.4 Å². The first-order valence-electron chi connectivity index (χ1n) is 6.07. The number of benzene rings is 2. The molecule has 0 spiro atoms. The van der Waals surface area contributed by atoms with Crippen LogP contribution in [0, 0.1) is 11.6 Å². The van der Waals surface area contributed by atoms with Gasteiger partial charge in [-0.3, -0.25) is 4.72 Å². The van der Waals surface area contributed by atoms with Gasteiger partial charge in [0.15, 0.2) is 0 Å². The van der Waals surface area contributed by atoms with Gasteiger partial charge in [-0.15, -0.1) is 0 Å². The van der Waals surface area contributed by atoms with Gasteiger partial charge in [0.1, 0.15) is 28.0 Å². The molecular weight excluding hydrogens is 316 g/mol. The maximum atomic E-state index is 13.7. The molecule has 1 N–H and O–H groups in total. The standard InChI is InChI=1S/C14H13F2NO4S/c1-20-10-4-5-13(21-2)12(8-10)17-22(18,19)14-6-3-9(15)7-11(14)16/h3-8,17H,1-2H3. The Balaban J connectivity index is 2.44. The number of hydrogen-bond donors (Lipinski definition) is 1. The van der Waals surface area contributed by atoms with Crippen LogP contribution >= 0.6 is 0 Å². The fourth-order valence-corrected chi connectivity index (χ4v) is 2.91. The van der Waals surface area contributed by atoms with Crippen molar-refractivity contribution >= 4 is 15.7 Å². The van der Waals surface area contributed by atoms with Crippen molar-refractivity contribution in [1.82, 2.24) is 0 Å². The number of anilines is 1. The van der Waals surface area contributed by atoms with Crippen LogP contribution < -0.4 is 14.2 Å². The van der Waals surface area contributed by atoms with E-state index in [0.29, 0.717) is 11.8 Å². The van der Waals surface area contributed by atoms with Crippen LogP contribution in [-0.4, -0.2) is 22.6 Å². The number of halogens is 2. The molecule has 22 heavy (non-hydrogen) atoms. The molecule has 2 rings (SSSR count). The molecule has 0 saturated carbocycles. The van der Waals surface area contributed by atoms with Gasteiger partial charge < -0.3 is 9.47 Å². The van der Waals surface area contributed by atoms with E-state index in [4.69, 9.17) is 9.47 Å². The first kappa shape index (κ1) is 16.0. The van der Waals surface area contributed by atoms with E-state index in [9.17, 15) is 17.2 Å². The van der Waals surface area contributed by atoms with Gasteiger partial charge >= 0.3 is 0 Å². The molecule has 2 aromatic rings. The molecule has 0 heterocycles. The molecule has 5 nitrogen and oxygen atoms in total. The lowest BCUT2D eigenvalue weighted by molar-refractivity contribution is 0.405. The van der Waals surface area contributed by atoms with Gasteiger partial charge in [0.2, 0.25) is 0 Å². The van der Waals surface area contributed by atoms with Gasteiger partial charge in [0, 0.05) is 12.1 Å². The van der Waals surface area contributed by atoms with Crippen molar-refractivity contribution in [2.45, 2.75) is 4.90 Å². The number of ether oxygens (including phenoxy) is 2. The van der Waals surface area contributed by atoms with Crippen molar-refractivity contribution < 1.29 is 26.7 Å². The van der Waals surface area contributed by atoms with E-state index in [1.54, 1.807) is 6.07 Å². The molecule has 0 fully saturated rings. The third-order valence-electron chi connectivity index (χ3n) is 2.83. The number of sulfonamides is 1. The Morgan fingerprint density at radius 2 is 1.73 bits per heavy atom. The zero-order valence-electron chi connectivity index (χ0n) is 11.8. The maximum Gasteiger partial charge on any atom is 0.264 e. The minimum atomic E-state index is -4.25. The number of rotatable bonds is 5. The molecule has 118 valence electrons. The summed E-state index contributed by atoms with van der Waals surface area (Å²) in [4.78, 5) is -0.668. The van der Waals surface area contributed by atoms with Crippen molar-refractivity contribution in [3.63, 3.8) is 0 Å². The Hall–Kier alpha value is -2.35. The third kappa shape index (κ3) is 3.28. The van der Waals surface area contributed by atoms with Crippen molar-refractivity contribution in [2.24, 2.45) is 0 Å². The SMILES string of the molecule is COc1ccc(OC)c(NS(=O)(=O)c2ccc(F)cc2F)c1. The molecule has 0 amide bonds. The van der Waals surface area contributed by atoms with Crippen LogP contribution in [0.4, 0.5) is 14.5 Å². The molecule has 0 saturated heterocycles. The molecule has 0 unspecified atom stereocenters. The van der Waals surface area contributed by atoms with Gasteiger partial charge in [-0.25, -0.2) is 17.2 Å². The van der Waals surface area contributed by atoms with E-state index in [1.165, 1.54) is 26.4 Å². The van der Waals surface area contributed by atoms with Crippen molar-refractivity contribution in [2.75, 3.05) is 18.9 Å². The van der Waals surface area contributed by atoms with Crippen LogP contribution in [0.15, 0.2) is 41.3 Å². The quantitative estimate of drug-likeness (QED) is 0.916. The Labute approximate surface area is 126 Å². The van der Waals surface area contributed by atoms with Crippen molar-refractivity contribution in [3.8, 4) is 11.5 Å². The highest BCUT2D eigenvalue weighted by Gasteiger charge is 2.21. The molecule has 0 aliphatic carbocycles. The lowest BCUT2D eigenvalue weighted by Gasteiger charge is -2.13. The number of hydrogen-bond acceptors (Lipinski definition) is 4. The Bertz CT molecular complexity index is 793. The molecule has 8 heteroatoms.